The molecule has 0 aliphatic carbocycles. The highest BCUT2D eigenvalue weighted by Crippen LogP contribution is 2.16. The minimum Gasteiger partial charge on any atom is -0.496 e. The van der Waals surface area contributed by atoms with Crippen molar-refractivity contribution in [3.8, 4) is 5.75 Å². The second-order valence-corrected chi connectivity index (χ2v) is 3.88. The average Bonchev–Trinajstić information content (AvgIpc) is 2.34. The molecule has 0 bridgehead atoms. The molecule has 0 fully saturated rings. The van der Waals surface area contributed by atoms with Crippen molar-refractivity contribution in [2.24, 2.45) is 0 Å². The summed E-state index contributed by atoms with van der Waals surface area (Å²) in [5.41, 5.74) is 0.541. The number of methoxy groups -OCH3 is 1. The van der Waals surface area contributed by atoms with E-state index in [0.717, 1.165) is 0 Å². The van der Waals surface area contributed by atoms with Crippen molar-refractivity contribution in [3.05, 3.63) is 29.8 Å². The van der Waals surface area contributed by atoms with E-state index in [4.69, 9.17) is 9.47 Å². The first-order valence-electron chi connectivity index (χ1n) is 5.68. The third-order valence-corrected chi connectivity index (χ3v) is 2.19. The normalized spacial score (nSPS) is 10.4. The van der Waals surface area contributed by atoms with Crippen LogP contribution in [0, 0.1) is 0 Å². The summed E-state index contributed by atoms with van der Waals surface area (Å²) in [6, 6.07) is 7.14. The molecule has 1 rings (SSSR count). The largest absolute Gasteiger partial charge is 0.496 e. The summed E-state index contributed by atoms with van der Waals surface area (Å²) < 4.78 is 10.5. The second kappa shape index (κ2) is 6.91. The van der Waals surface area contributed by atoms with Crippen LogP contribution in [0.15, 0.2) is 24.3 Å². The van der Waals surface area contributed by atoms with Gasteiger partial charge in [-0.15, -0.1) is 0 Å². The number of para-hydroxylation sites is 1. The fraction of sp³-hybridized carbons (Fsp3) is 0.462. The van der Waals surface area contributed by atoms with Gasteiger partial charge in [-0.3, -0.25) is 4.79 Å². The first kappa shape index (κ1) is 13.5. The summed E-state index contributed by atoms with van der Waals surface area (Å²) in [5, 5.41) is 2.79. The molecule has 1 aromatic carbocycles. The van der Waals surface area contributed by atoms with Gasteiger partial charge in [-0.05, 0) is 26.0 Å². The number of rotatable bonds is 6. The van der Waals surface area contributed by atoms with Crippen molar-refractivity contribution in [1.82, 2.24) is 5.32 Å². The van der Waals surface area contributed by atoms with Gasteiger partial charge in [0.05, 0.1) is 25.4 Å². The Hall–Kier alpha value is -1.55. The Morgan fingerprint density at radius 2 is 2.06 bits per heavy atom. The number of nitrogens with one attached hydrogen (secondary N) is 1. The molecule has 0 saturated heterocycles. The Morgan fingerprint density at radius 1 is 1.35 bits per heavy atom. The van der Waals surface area contributed by atoms with Crippen LogP contribution in [0.25, 0.3) is 0 Å². The summed E-state index contributed by atoms with van der Waals surface area (Å²) in [6.07, 6.45) is 0.179. The molecule has 0 aromatic heterocycles. The molecule has 0 saturated carbocycles. The highest BCUT2D eigenvalue weighted by molar-refractivity contribution is 5.96. The van der Waals surface area contributed by atoms with Crippen molar-refractivity contribution in [1.29, 1.82) is 0 Å². The Morgan fingerprint density at radius 3 is 2.71 bits per heavy atom. The smallest absolute Gasteiger partial charge is 0.255 e. The van der Waals surface area contributed by atoms with Gasteiger partial charge in [0.15, 0.2) is 0 Å². The Bertz CT molecular complexity index is 363. The van der Waals surface area contributed by atoms with Crippen molar-refractivity contribution < 1.29 is 14.3 Å². The van der Waals surface area contributed by atoms with E-state index in [1.54, 1.807) is 19.2 Å². The van der Waals surface area contributed by atoms with Gasteiger partial charge in [0.1, 0.15) is 5.75 Å². The van der Waals surface area contributed by atoms with E-state index >= 15 is 0 Å². The molecule has 0 aliphatic rings. The highest BCUT2D eigenvalue weighted by Gasteiger charge is 2.10. The zero-order valence-electron chi connectivity index (χ0n) is 10.5. The van der Waals surface area contributed by atoms with Gasteiger partial charge in [0.2, 0.25) is 0 Å². The van der Waals surface area contributed by atoms with Crippen LogP contribution in [-0.2, 0) is 4.74 Å². The SMILES string of the molecule is COc1ccccc1C(=O)NCCOC(C)C. The van der Waals surface area contributed by atoms with Crippen LogP contribution in [0.2, 0.25) is 0 Å². The predicted octanol–water partition coefficient (Wildman–Crippen LogP) is 1.85. The number of carbonyl (C=O) groups excluding carboxylic acids is 1. The van der Waals surface area contributed by atoms with E-state index in [-0.39, 0.29) is 12.0 Å². The summed E-state index contributed by atoms with van der Waals surface area (Å²) in [7, 11) is 1.55. The van der Waals surface area contributed by atoms with Crippen LogP contribution in [0.3, 0.4) is 0 Å². The van der Waals surface area contributed by atoms with Gasteiger partial charge in [0.25, 0.3) is 5.91 Å². The summed E-state index contributed by atoms with van der Waals surface area (Å²) >= 11 is 0. The van der Waals surface area contributed by atoms with E-state index in [1.165, 1.54) is 0 Å². The monoisotopic (exact) mass is 237 g/mol. The molecule has 1 amide bonds. The lowest BCUT2D eigenvalue weighted by molar-refractivity contribution is 0.0745. The maximum absolute atomic E-state index is 11.8. The molecule has 0 radical (unpaired) electrons. The van der Waals surface area contributed by atoms with E-state index in [0.29, 0.717) is 24.5 Å². The lowest BCUT2D eigenvalue weighted by atomic mass is 10.2. The van der Waals surface area contributed by atoms with Crippen molar-refractivity contribution in [2.75, 3.05) is 20.3 Å². The molecule has 4 heteroatoms. The van der Waals surface area contributed by atoms with Crippen LogP contribution in [0.1, 0.15) is 24.2 Å². The van der Waals surface area contributed by atoms with Gasteiger partial charge in [-0.2, -0.15) is 0 Å². The van der Waals surface area contributed by atoms with Gasteiger partial charge >= 0.3 is 0 Å². The highest BCUT2D eigenvalue weighted by atomic mass is 16.5. The molecule has 0 atom stereocenters. The molecule has 94 valence electrons. The number of carbonyl (C=O) groups is 1. The molecule has 0 unspecified atom stereocenters. The topological polar surface area (TPSA) is 47.6 Å². The Labute approximate surface area is 102 Å². The predicted molar refractivity (Wildman–Crippen MR) is 66.4 cm³/mol. The van der Waals surface area contributed by atoms with E-state index in [2.05, 4.69) is 5.32 Å². The molecule has 0 aliphatic heterocycles. The van der Waals surface area contributed by atoms with E-state index in [1.807, 2.05) is 26.0 Å². The first-order valence-corrected chi connectivity index (χ1v) is 5.68. The van der Waals surface area contributed by atoms with E-state index in [9.17, 15) is 4.79 Å². The Kier molecular flexibility index (Phi) is 5.49. The van der Waals surface area contributed by atoms with Crippen molar-refractivity contribution in [3.63, 3.8) is 0 Å². The molecule has 17 heavy (non-hydrogen) atoms. The molecular formula is C13H19NO3. The fourth-order valence-corrected chi connectivity index (χ4v) is 1.39. The van der Waals surface area contributed by atoms with Crippen LogP contribution in [0.4, 0.5) is 0 Å². The average molecular weight is 237 g/mol. The lowest BCUT2D eigenvalue weighted by Crippen LogP contribution is -2.28. The number of benzene rings is 1. The van der Waals surface area contributed by atoms with Crippen LogP contribution >= 0.6 is 0 Å². The number of ether oxygens (including phenoxy) is 2. The number of hydrogen-bond acceptors (Lipinski definition) is 3. The van der Waals surface area contributed by atoms with Gasteiger partial charge in [0, 0.05) is 6.54 Å². The molecule has 1 N–H and O–H groups in total. The standard InChI is InChI=1S/C13H19NO3/c1-10(2)17-9-8-14-13(15)11-6-4-5-7-12(11)16-3/h4-7,10H,8-9H2,1-3H3,(H,14,15). The lowest BCUT2D eigenvalue weighted by Gasteiger charge is -2.10. The zero-order valence-corrected chi connectivity index (χ0v) is 10.5. The molecule has 1 aromatic rings. The van der Waals surface area contributed by atoms with Gasteiger partial charge in [-0.1, -0.05) is 12.1 Å². The molecular weight excluding hydrogens is 218 g/mol. The number of hydrogen-bond donors (Lipinski definition) is 1. The third-order valence-electron chi connectivity index (χ3n) is 2.19. The minimum absolute atomic E-state index is 0.144. The second-order valence-electron chi connectivity index (χ2n) is 3.88. The van der Waals surface area contributed by atoms with Crippen LogP contribution < -0.4 is 10.1 Å². The van der Waals surface area contributed by atoms with Gasteiger partial charge in [-0.25, -0.2) is 0 Å². The summed E-state index contributed by atoms with van der Waals surface area (Å²) in [6.45, 7) is 4.93. The molecule has 0 heterocycles. The van der Waals surface area contributed by atoms with Crippen LogP contribution in [0.5, 0.6) is 5.75 Å². The third kappa shape index (κ3) is 4.44. The number of amides is 1. The maximum Gasteiger partial charge on any atom is 0.255 e. The van der Waals surface area contributed by atoms with Crippen molar-refractivity contribution in [2.45, 2.75) is 20.0 Å². The quantitative estimate of drug-likeness (QED) is 0.768. The maximum atomic E-state index is 11.8. The minimum atomic E-state index is -0.144. The fourth-order valence-electron chi connectivity index (χ4n) is 1.39. The van der Waals surface area contributed by atoms with E-state index < -0.39 is 0 Å². The van der Waals surface area contributed by atoms with Crippen molar-refractivity contribution >= 4 is 5.91 Å². The zero-order chi connectivity index (χ0) is 12.7. The first-order chi connectivity index (χ1) is 8.15. The van der Waals surface area contributed by atoms with Crippen LogP contribution in [-0.4, -0.2) is 32.3 Å². The van der Waals surface area contributed by atoms with Gasteiger partial charge < -0.3 is 14.8 Å². The summed E-state index contributed by atoms with van der Waals surface area (Å²) in [4.78, 5) is 11.8. The molecule has 4 nitrogen and oxygen atoms in total. The summed E-state index contributed by atoms with van der Waals surface area (Å²) in [5.74, 6) is 0.435. The molecule has 0 spiro atoms. The Balaban J connectivity index is 2.47.